The smallest absolute Gasteiger partial charge is 0.256 e. The summed E-state index contributed by atoms with van der Waals surface area (Å²) in [4.78, 5) is 38.9. The fraction of sp³-hybridized carbons (Fsp3) is 0.0870. The number of amides is 2. The van der Waals surface area contributed by atoms with Crippen molar-refractivity contribution in [1.82, 2.24) is 4.90 Å². The number of thiol groups is 1. The molecule has 1 N–H and O–H groups in total. The van der Waals surface area contributed by atoms with Crippen LogP contribution in [0.1, 0.15) is 42.2 Å². The largest absolute Gasteiger partial charge is 0.330 e. The number of hydrogen-bond donors (Lipinski definition) is 2. The SMILES string of the molecule is O=Cc1cccc(CN2Cc3c(NC(=O)c4cc(Cl)ccc4S)cccc3C2=O)c1. The van der Waals surface area contributed by atoms with E-state index in [9.17, 15) is 14.4 Å². The van der Waals surface area contributed by atoms with Crippen LogP contribution >= 0.6 is 24.2 Å². The molecule has 0 atom stereocenters. The van der Waals surface area contributed by atoms with Gasteiger partial charge in [-0.05, 0) is 42.0 Å². The molecule has 2 amide bonds. The van der Waals surface area contributed by atoms with Crippen molar-refractivity contribution in [2.75, 3.05) is 5.32 Å². The normalized spacial score (nSPS) is 12.6. The molecule has 0 spiro atoms. The Bertz CT molecular complexity index is 1180. The second-order valence-electron chi connectivity index (χ2n) is 6.97. The van der Waals surface area contributed by atoms with Gasteiger partial charge in [0.2, 0.25) is 0 Å². The molecule has 0 saturated carbocycles. The quantitative estimate of drug-likeness (QED) is 0.444. The second kappa shape index (κ2) is 8.34. The number of nitrogens with zero attached hydrogens (tertiary/aromatic N) is 1. The highest BCUT2D eigenvalue weighted by atomic mass is 35.5. The average molecular weight is 437 g/mol. The van der Waals surface area contributed by atoms with E-state index in [1.165, 1.54) is 0 Å². The van der Waals surface area contributed by atoms with Crippen molar-refractivity contribution in [3.63, 3.8) is 0 Å². The van der Waals surface area contributed by atoms with Crippen LogP contribution < -0.4 is 5.32 Å². The predicted octanol–water partition coefficient (Wildman–Crippen LogP) is 4.85. The minimum atomic E-state index is -0.347. The van der Waals surface area contributed by atoms with Crippen molar-refractivity contribution >= 4 is 48.0 Å². The number of anilines is 1. The van der Waals surface area contributed by atoms with Gasteiger partial charge in [0.15, 0.2) is 0 Å². The summed E-state index contributed by atoms with van der Waals surface area (Å²) in [7, 11) is 0. The van der Waals surface area contributed by atoms with Gasteiger partial charge in [0.05, 0.1) is 5.56 Å². The minimum Gasteiger partial charge on any atom is -0.330 e. The zero-order valence-corrected chi connectivity index (χ0v) is 17.4. The number of benzene rings is 3. The molecule has 7 heteroatoms. The lowest BCUT2D eigenvalue weighted by atomic mass is 10.1. The van der Waals surface area contributed by atoms with Gasteiger partial charge in [0.25, 0.3) is 11.8 Å². The molecule has 5 nitrogen and oxygen atoms in total. The van der Waals surface area contributed by atoms with Gasteiger partial charge in [-0.25, -0.2) is 0 Å². The van der Waals surface area contributed by atoms with Crippen LogP contribution in [0.25, 0.3) is 0 Å². The van der Waals surface area contributed by atoms with Gasteiger partial charge in [0.1, 0.15) is 6.29 Å². The number of rotatable bonds is 5. The molecular weight excluding hydrogens is 420 g/mol. The van der Waals surface area contributed by atoms with Crippen molar-refractivity contribution in [3.05, 3.63) is 93.5 Å². The van der Waals surface area contributed by atoms with Crippen LogP contribution in [-0.2, 0) is 13.1 Å². The molecule has 3 aromatic rings. The van der Waals surface area contributed by atoms with Crippen molar-refractivity contribution in [1.29, 1.82) is 0 Å². The summed E-state index contributed by atoms with van der Waals surface area (Å²) in [6.45, 7) is 0.733. The molecule has 4 rings (SSSR count). The second-order valence-corrected chi connectivity index (χ2v) is 7.89. The highest BCUT2D eigenvalue weighted by molar-refractivity contribution is 7.80. The molecule has 0 fully saturated rings. The number of carbonyl (C=O) groups is 3. The van der Waals surface area contributed by atoms with E-state index in [0.717, 1.165) is 17.4 Å². The van der Waals surface area contributed by atoms with E-state index in [4.69, 9.17) is 11.6 Å². The lowest BCUT2D eigenvalue weighted by molar-refractivity contribution is 0.0766. The molecular formula is C23H17ClN2O3S. The molecule has 1 aliphatic heterocycles. The van der Waals surface area contributed by atoms with E-state index >= 15 is 0 Å². The molecule has 0 aliphatic carbocycles. The van der Waals surface area contributed by atoms with E-state index in [-0.39, 0.29) is 11.8 Å². The monoisotopic (exact) mass is 436 g/mol. The summed E-state index contributed by atoms with van der Waals surface area (Å²) >= 11 is 10.3. The standard InChI is InChI=1S/C23H17ClN2O3S/c24-16-7-8-21(30)18(10-16)22(28)25-20-6-2-5-17-19(20)12-26(23(17)29)11-14-3-1-4-15(9-14)13-27/h1-10,13,30H,11-12H2,(H,25,28). The Labute approximate surface area is 184 Å². The first-order valence-electron chi connectivity index (χ1n) is 9.21. The Kier molecular flexibility index (Phi) is 5.61. The molecule has 1 aliphatic rings. The molecule has 0 bridgehead atoms. The van der Waals surface area contributed by atoms with Gasteiger partial charge < -0.3 is 10.2 Å². The first-order valence-corrected chi connectivity index (χ1v) is 10.0. The van der Waals surface area contributed by atoms with Crippen LogP contribution in [0.15, 0.2) is 65.6 Å². The van der Waals surface area contributed by atoms with Gasteiger partial charge in [-0.3, -0.25) is 14.4 Å². The number of hydrogen-bond acceptors (Lipinski definition) is 4. The van der Waals surface area contributed by atoms with Crippen LogP contribution in [-0.4, -0.2) is 23.0 Å². The van der Waals surface area contributed by atoms with Crippen LogP contribution in [0, 0.1) is 0 Å². The highest BCUT2D eigenvalue weighted by Gasteiger charge is 2.30. The lowest BCUT2D eigenvalue weighted by Crippen LogP contribution is -2.23. The third-order valence-corrected chi connectivity index (χ3v) is 5.58. The molecule has 30 heavy (non-hydrogen) atoms. The zero-order chi connectivity index (χ0) is 21.3. The predicted molar refractivity (Wildman–Crippen MR) is 119 cm³/mol. The Morgan fingerprint density at radius 1 is 1.13 bits per heavy atom. The fourth-order valence-corrected chi connectivity index (χ4v) is 3.91. The van der Waals surface area contributed by atoms with Gasteiger partial charge >= 0.3 is 0 Å². The first-order chi connectivity index (χ1) is 14.5. The summed E-state index contributed by atoms with van der Waals surface area (Å²) in [5.74, 6) is -0.462. The summed E-state index contributed by atoms with van der Waals surface area (Å²) in [6.07, 6.45) is 0.781. The molecule has 0 aromatic heterocycles. The highest BCUT2D eigenvalue weighted by Crippen LogP contribution is 2.31. The average Bonchev–Trinajstić information content (AvgIpc) is 3.06. The van der Waals surface area contributed by atoms with E-state index < -0.39 is 0 Å². The Morgan fingerprint density at radius 2 is 1.93 bits per heavy atom. The zero-order valence-electron chi connectivity index (χ0n) is 15.8. The molecule has 1 heterocycles. The number of carbonyl (C=O) groups excluding carboxylic acids is 3. The van der Waals surface area contributed by atoms with Crippen molar-refractivity contribution in [2.24, 2.45) is 0 Å². The Morgan fingerprint density at radius 3 is 2.73 bits per heavy atom. The van der Waals surface area contributed by atoms with Gasteiger partial charge in [-0.1, -0.05) is 35.9 Å². The third kappa shape index (κ3) is 3.97. The lowest BCUT2D eigenvalue weighted by Gasteiger charge is -2.16. The summed E-state index contributed by atoms with van der Waals surface area (Å²) in [5.41, 5.74) is 3.67. The van der Waals surface area contributed by atoms with Crippen LogP contribution in [0.2, 0.25) is 5.02 Å². The third-order valence-electron chi connectivity index (χ3n) is 4.95. The van der Waals surface area contributed by atoms with Gasteiger partial charge in [0, 0.05) is 45.4 Å². The van der Waals surface area contributed by atoms with E-state index in [2.05, 4.69) is 17.9 Å². The molecule has 150 valence electrons. The summed E-state index contributed by atoms with van der Waals surface area (Å²) in [6, 6.07) is 17.3. The molecule has 3 aromatic carbocycles. The van der Waals surface area contributed by atoms with Crippen LogP contribution in [0.3, 0.4) is 0 Å². The van der Waals surface area contributed by atoms with Crippen molar-refractivity contribution < 1.29 is 14.4 Å². The van der Waals surface area contributed by atoms with Gasteiger partial charge in [-0.15, -0.1) is 12.6 Å². The number of aldehydes is 1. The number of nitrogens with one attached hydrogen (secondary N) is 1. The summed E-state index contributed by atoms with van der Waals surface area (Å²) < 4.78 is 0. The Balaban J connectivity index is 1.58. The first kappa shape index (κ1) is 20.2. The van der Waals surface area contributed by atoms with Crippen molar-refractivity contribution in [3.8, 4) is 0 Å². The number of fused-ring (bicyclic) bond motifs is 1. The minimum absolute atomic E-state index is 0.116. The van der Waals surface area contributed by atoms with Crippen LogP contribution in [0.5, 0.6) is 0 Å². The van der Waals surface area contributed by atoms with E-state index in [0.29, 0.717) is 45.4 Å². The van der Waals surface area contributed by atoms with Crippen molar-refractivity contribution in [2.45, 2.75) is 18.0 Å². The Hall–Kier alpha value is -3.09. The topological polar surface area (TPSA) is 66.5 Å². The van der Waals surface area contributed by atoms with E-state index in [1.807, 2.05) is 6.07 Å². The maximum Gasteiger partial charge on any atom is 0.256 e. The number of halogens is 1. The summed E-state index contributed by atoms with van der Waals surface area (Å²) in [5, 5.41) is 3.32. The molecule has 0 saturated heterocycles. The maximum atomic E-state index is 12.9. The fourth-order valence-electron chi connectivity index (χ4n) is 3.50. The maximum absolute atomic E-state index is 12.9. The van der Waals surface area contributed by atoms with Crippen LogP contribution in [0.4, 0.5) is 5.69 Å². The molecule has 0 unspecified atom stereocenters. The van der Waals surface area contributed by atoms with E-state index in [1.54, 1.807) is 59.5 Å². The van der Waals surface area contributed by atoms with Gasteiger partial charge in [-0.2, -0.15) is 0 Å². The molecule has 0 radical (unpaired) electrons.